The summed E-state index contributed by atoms with van der Waals surface area (Å²) >= 11 is 4.86. The quantitative estimate of drug-likeness (QED) is 0.757. The van der Waals surface area contributed by atoms with Crippen LogP contribution in [0.4, 0.5) is 0 Å². The Bertz CT molecular complexity index is 138. The predicted octanol–water partition coefficient (Wildman–Crippen LogP) is 1.64. The summed E-state index contributed by atoms with van der Waals surface area (Å²) < 4.78 is 0. The molecular weight excluding hydrogens is 226 g/mol. The second kappa shape index (κ2) is 5.04. The standard InChI is InChI=1S/C7H14BrNOS/c1-7(2,5-8)9-6(10)4-11-3/h4-5H2,1-3H3,(H,9,10). The Morgan fingerprint density at radius 2 is 2.18 bits per heavy atom. The zero-order valence-electron chi connectivity index (χ0n) is 7.11. The average Bonchev–Trinajstić information content (AvgIpc) is 1.87. The van der Waals surface area contributed by atoms with Crippen LogP contribution < -0.4 is 5.32 Å². The zero-order valence-corrected chi connectivity index (χ0v) is 9.51. The van der Waals surface area contributed by atoms with Crippen LogP contribution in [0.3, 0.4) is 0 Å². The van der Waals surface area contributed by atoms with Crippen LogP contribution >= 0.6 is 27.7 Å². The summed E-state index contributed by atoms with van der Waals surface area (Å²) in [5.74, 6) is 0.637. The van der Waals surface area contributed by atoms with Crippen LogP contribution in [0, 0.1) is 0 Å². The topological polar surface area (TPSA) is 29.1 Å². The molecule has 0 unspecified atom stereocenters. The highest BCUT2D eigenvalue weighted by molar-refractivity contribution is 9.09. The highest BCUT2D eigenvalue weighted by atomic mass is 79.9. The van der Waals surface area contributed by atoms with Gasteiger partial charge in [0.2, 0.25) is 5.91 Å². The number of carbonyl (C=O) groups excluding carboxylic acids is 1. The van der Waals surface area contributed by atoms with Crippen molar-refractivity contribution in [2.75, 3.05) is 17.3 Å². The Balaban J connectivity index is 3.74. The van der Waals surface area contributed by atoms with Gasteiger partial charge in [-0.2, -0.15) is 11.8 Å². The minimum Gasteiger partial charge on any atom is -0.350 e. The fraction of sp³-hybridized carbons (Fsp3) is 0.857. The molecule has 0 saturated heterocycles. The van der Waals surface area contributed by atoms with E-state index in [2.05, 4.69) is 21.2 Å². The number of amides is 1. The van der Waals surface area contributed by atoms with Crippen LogP contribution in [0.2, 0.25) is 0 Å². The van der Waals surface area contributed by atoms with Crippen LogP contribution in [-0.2, 0) is 4.79 Å². The number of rotatable bonds is 4. The molecule has 66 valence electrons. The lowest BCUT2D eigenvalue weighted by atomic mass is 10.1. The van der Waals surface area contributed by atoms with Crippen LogP contribution in [-0.4, -0.2) is 28.8 Å². The lowest BCUT2D eigenvalue weighted by Gasteiger charge is -2.23. The molecule has 0 spiro atoms. The molecule has 0 aliphatic carbocycles. The third kappa shape index (κ3) is 5.56. The van der Waals surface area contributed by atoms with E-state index in [0.717, 1.165) is 5.33 Å². The molecule has 0 aromatic rings. The van der Waals surface area contributed by atoms with Gasteiger partial charge in [-0.3, -0.25) is 4.79 Å². The maximum absolute atomic E-state index is 11.1. The molecule has 0 radical (unpaired) electrons. The Kier molecular flexibility index (Phi) is 5.17. The van der Waals surface area contributed by atoms with E-state index in [0.29, 0.717) is 5.75 Å². The second-order valence-corrected chi connectivity index (χ2v) is 4.43. The van der Waals surface area contributed by atoms with Crippen LogP contribution in [0.25, 0.3) is 0 Å². The van der Waals surface area contributed by atoms with E-state index in [4.69, 9.17) is 0 Å². The molecule has 0 fully saturated rings. The van der Waals surface area contributed by atoms with Gasteiger partial charge in [-0.15, -0.1) is 0 Å². The number of halogens is 1. The Morgan fingerprint density at radius 1 is 1.64 bits per heavy atom. The predicted molar refractivity (Wildman–Crippen MR) is 54.4 cm³/mol. The second-order valence-electron chi connectivity index (χ2n) is 3.00. The van der Waals surface area contributed by atoms with Gasteiger partial charge in [0.15, 0.2) is 0 Å². The van der Waals surface area contributed by atoms with E-state index in [1.54, 1.807) is 0 Å². The van der Waals surface area contributed by atoms with Crippen molar-refractivity contribution in [3.63, 3.8) is 0 Å². The first-order valence-electron chi connectivity index (χ1n) is 3.38. The maximum atomic E-state index is 11.1. The molecule has 4 heteroatoms. The molecule has 1 N–H and O–H groups in total. The molecule has 0 heterocycles. The lowest BCUT2D eigenvalue weighted by molar-refractivity contribution is -0.119. The summed E-state index contributed by atoms with van der Waals surface area (Å²) in [5, 5.41) is 3.68. The fourth-order valence-corrected chi connectivity index (χ4v) is 1.05. The zero-order chi connectivity index (χ0) is 8.91. The van der Waals surface area contributed by atoms with Crippen LogP contribution in [0.1, 0.15) is 13.8 Å². The molecule has 1 amide bonds. The van der Waals surface area contributed by atoms with E-state index in [-0.39, 0.29) is 11.4 Å². The van der Waals surface area contributed by atoms with Crippen molar-refractivity contribution in [2.24, 2.45) is 0 Å². The van der Waals surface area contributed by atoms with Gasteiger partial charge in [-0.1, -0.05) is 15.9 Å². The third-order valence-electron chi connectivity index (χ3n) is 1.09. The van der Waals surface area contributed by atoms with Gasteiger partial charge >= 0.3 is 0 Å². The summed E-state index contributed by atoms with van der Waals surface area (Å²) in [6.45, 7) is 3.97. The highest BCUT2D eigenvalue weighted by Gasteiger charge is 2.17. The first-order valence-corrected chi connectivity index (χ1v) is 5.89. The first kappa shape index (κ1) is 11.3. The van der Waals surface area contributed by atoms with Gasteiger partial charge < -0.3 is 5.32 Å². The minimum atomic E-state index is -0.132. The molecular formula is C7H14BrNOS. The SMILES string of the molecule is CSCC(=O)NC(C)(C)CBr. The first-order chi connectivity index (χ1) is 5.02. The molecule has 0 bridgehead atoms. The summed E-state index contributed by atoms with van der Waals surface area (Å²) in [6, 6.07) is 0. The largest absolute Gasteiger partial charge is 0.350 e. The smallest absolute Gasteiger partial charge is 0.230 e. The van der Waals surface area contributed by atoms with E-state index in [1.165, 1.54) is 11.8 Å². The summed E-state index contributed by atoms with van der Waals surface area (Å²) in [6.07, 6.45) is 1.92. The van der Waals surface area contributed by atoms with Crippen LogP contribution in [0.5, 0.6) is 0 Å². The van der Waals surface area contributed by atoms with Crippen molar-refractivity contribution in [1.29, 1.82) is 0 Å². The van der Waals surface area contributed by atoms with Crippen molar-refractivity contribution in [3.8, 4) is 0 Å². The average molecular weight is 240 g/mol. The summed E-state index contributed by atoms with van der Waals surface area (Å²) in [4.78, 5) is 11.1. The van der Waals surface area contributed by atoms with Gasteiger partial charge in [0.05, 0.1) is 5.75 Å². The normalized spacial score (nSPS) is 11.3. The summed E-state index contributed by atoms with van der Waals surface area (Å²) in [7, 11) is 0. The van der Waals surface area contributed by atoms with E-state index < -0.39 is 0 Å². The molecule has 2 nitrogen and oxygen atoms in total. The van der Waals surface area contributed by atoms with E-state index in [9.17, 15) is 4.79 Å². The number of nitrogens with one attached hydrogen (secondary N) is 1. The van der Waals surface area contributed by atoms with Crippen molar-refractivity contribution in [2.45, 2.75) is 19.4 Å². The molecule has 0 aromatic heterocycles. The monoisotopic (exact) mass is 239 g/mol. The van der Waals surface area contributed by atoms with Crippen molar-refractivity contribution in [1.82, 2.24) is 5.32 Å². The third-order valence-corrected chi connectivity index (χ3v) is 3.04. The molecule has 0 aromatic carbocycles. The van der Waals surface area contributed by atoms with E-state index >= 15 is 0 Å². The Labute approximate surface area is 80.6 Å². The van der Waals surface area contributed by atoms with Gasteiger partial charge in [-0.25, -0.2) is 0 Å². The van der Waals surface area contributed by atoms with Crippen molar-refractivity contribution >= 4 is 33.6 Å². The molecule has 0 aliphatic rings. The summed E-state index contributed by atoms with van der Waals surface area (Å²) in [5.41, 5.74) is -0.132. The number of hydrogen-bond acceptors (Lipinski definition) is 2. The number of carbonyl (C=O) groups is 1. The molecule has 0 aliphatic heterocycles. The fourth-order valence-electron chi connectivity index (χ4n) is 0.578. The molecule has 0 saturated carbocycles. The number of hydrogen-bond donors (Lipinski definition) is 1. The Hall–Kier alpha value is 0.300. The maximum Gasteiger partial charge on any atom is 0.230 e. The molecule has 0 atom stereocenters. The highest BCUT2D eigenvalue weighted by Crippen LogP contribution is 2.06. The van der Waals surface area contributed by atoms with Crippen LogP contribution in [0.15, 0.2) is 0 Å². The van der Waals surface area contributed by atoms with Crippen molar-refractivity contribution in [3.05, 3.63) is 0 Å². The van der Waals surface area contributed by atoms with Gasteiger partial charge in [-0.05, 0) is 20.1 Å². The van der Waals surface area contributed by atoms with Crippen molar-refractivity contribution < 1.29 is 4.79 Å². The Morgan fingerprint density at radius 3 is 2.55 bits per heavy atom. The van der Waals surface area contributed by atoms with Gasteiger partial charge in [0.25, 0.3) is 0 Å². The van der Waals surface area contributed by atoms with Gasteiger partial charge in [0.1, 0.15) is 0 Å². The lowest BCUT2D eigenvalue weighted by Crippen LogP contribution is -2.45. The minimum absolute atomic E-state index is 0.0990. The molecule has 11 heavy (non-hydrogen) atoms. The number of thioether (sulfide) groups is 1. The number of alkyl halides is 1. The molecule has 0 rings (SSSR count). The van der Waals surface area contributed by atoms with Gasteiger partial charge in [0, 0.05) is 10.9 Å². The van der Waals surface area contributed by atoms with E-state index in [1.807, 2.05) is 20.1 Å².